The summed E-state index contributed by atoms with van der Waals surface area (Å²) >= 11 is 0. The molecule has 0 saturated carbocycles. The number of hydrogen-bond donors (Lipinski definition) is 0. The SMILES string of the molecule is CCN(CC)C(=O)C(F)(F)c1cn(C)c(=O)n(C)c1=O. The van der Waals surface area contributed by atoms with Gasteiger partial charge in [-0.25, -0.2) is 4.79 Å². The number of carbonyl (C=O) groups excluding carboxylic acids is 1. The summed E-state index contributed by atoms with van der Waals surface area (Å²) in [6, 6.07) is 0. The van der Waals surface area contributed by atoms with Gasteiger partial charge in [0.1, 0.15) is 5.56 Å². The first-order valence-corrected chi connectivity index (χ1v) is 6.12. The number of hydrogen-bond acceptors (Lipinski definition) is 3. The second-order valence-electron chi connectivity index (χ2n) is 4.35. The third-order valence-corrected chi connectivity index (χ3v) is 3.10. The van der Waals surface area contributed by atoms with E-state index in [2.05, 4.69) is 0 Å². The van der Waals surface area contributed by atoms with Crippen LogP contribution in [0, 0.1) is 0 Å². The minimum absolute atomic E-state index is 0.108. The molecule has 1 aromatic rings. The summed E-state index contributed by atoms with van der Waals surface area (Å²) in [6.45, 7) is 3.35. The Kier molecular flexibility index (Phi) is 4.46. The number of aromatic nitrogens is 2. The molecule has 0 aromatic carbocycles. The van der Waals surface area contributed by atoms with Gasteiger partial charge in [-0.15, -0.1) is 0 Å². The van der Waals surface area contributed by atoms with Crippen molar-refractivity contribution in [3.63, 3.8) is 0 Å². The van der Waals surface area contributed by atoms with Gasteiger partial charge in [0.15, 0.2) is 0 Å². The lowest BCUT2D eigenvalue weighted by atomic mass is 10.1. The molecule has 0 atom stereocenters. The molecular weight excluding hydrogens is 272 g/mol. The monoisotopic (exact) mass is 289 g/mol. The fraction of sp³-hybridized carbons (Fsp3) is 0.583. The van der Waals surface area contributed by atoms with Crippen LogP contribution in [0.1, 0.15) is 19.4 Å². The fourth-order valence-electron chi connectivity index (χ4n) is 1.85. The van der Waals surface area contributed by atoms with Crippen LogP contribution in [0.2, 0.25) is 0 Å². The Bertz CT molecular complexity index is 630. The number of carbonyl (C=O) groups is 1. The van der Waals surface area contributed by atoms with Crippen LogP contribution in [0.15, 0.2) is 15.8 Å². The number of aryl methyl sites for hydroxylation is 1. The van der Waals surface area contributed by atoms with Crippen LogP contribution in [0.5, 0.6) is 0 Å². The molecule has 0 bridgehead atoms. The summed E-state index contributed by atoms with van der Waals surface area (Å²) in [7, 11) is 2.33. The number of alkyl halides is 2. The molecule has 0 radical (unpaired) electrons. The lowest BCUT2D eigenvalue weighted by molar-refractivity contribution is -0.158. The molecule has 112 valence electrons. The molecule has 0 fully saturated rings. The van der Waals surface area contributed by atoms with Gasteiger partial charge >= 0.3 is 11.6 Å². The molecule has 6 nitrogen and oxygen atoms in total. The van der Waals surface area contributed by atoms with E-state index in [1.807, 2.05) is 0 Å². The first kappa shape index (κ1) is 16.1. The third-order valence-electron chi connectivity index (χ3n) is 3.10. The summed E-state index contributed by atoms with van der Waals surface area (Å²) in [6.07, 6.45) is 0.714. The quantitative estimate of drug-likeness (QED) is 0.786. The second-order valence-corrected chi connectivity index (χ2v) is 4.35. The molecule has 0 saturated heterocycles. The zero-order valence-corrected chi connectivity index (χ0v) is 11.8. The van der Waals surface area contributed by atoms with E-state index in [-0.39, 0.29) is 13.1 Å². The fourth-order valence-corrected chi connectivity index (χ4v) is 1.85. The molecule has 0 unspecified atom stereocenters. The van der Waals surface area contributed by atoms with Crippen molar-refractivity contribution in [2.45, 2.75) is 19.8 Å². The Morgan fingerprint density at radius 2 is 1.75 bits per heavy atom. The predicted octanol–water partition coefficient (Wildman–Crippen LogP) is 0.0442. The Hall–Kier alpha value is -1.99. The van der Waals surface area contributed by atoms with Gasteiger partial charge in [-0.2, -0.15) is 8.78 Å². The molecule has 0 N–H and O–H groups in total. The van der Waals surface area contributed by atoms with Crippen molar-refractivity contribution in [3.8, 4) is 0 Å². The van der Waals surface area contributed by atoms with E-state index in [0.717, 1.165) is 16.5 Å². The first-order valence-electron chi connectivity index (χ1n) is 6.12. The highest BCUT2D eigenvalue weighted by molar-refractivity contribution is 5.84. The Morgan fingerprint density at radius 1 is 1.25 bits per heavy atom. The maximum absolute atomic E-state index is 14.2. The van der Waals surface area contributed by atoms with Crippen molar-refractivity contribution >= 4 is 5.91 Å². The Balaban J connectivity index is 3.47. The lowest BCUT2D eigenvalue weighted by Crippen LogP contribution is -2.47. The summed E-state index contributed by atoms with van der Waals surface area (Å²) < 4.78 is 29.8. The van der Waals surface area contributed by atoms with Crippen LogP contribution in [0.3, 0.4) is 0 Å². The topological polar surface area (TPSA) is 64.3 Å². The van der Waals surface area contributed by atoms with Gasteiger partial charge in [0.05, 0.1) is 0 Å². The van der Waals surface area contributed by atoms with E-state index in [1.165, 1.54) is 7.05 Å². The molecular formula is C12H17F2N3O3. The van der Waals surface area contributed by atoms with Gasteiger partial charge in [0.2, 0.25) is 0 Å². The summed E-state index contributed by atoms with van der Waals surface area (Å²) in [5.74, 6) is -5.41. The van der Waals surface area contributed by atoms with E-state index >= 15 is 0 Å². The van der Waals surface area contributed by atoms with Crippen LogP contribution in [-0.2, 0) is 24.8 Å². The van der Waals surface area contributed by atoms with Crippen LogP contribution in [-0.4, -0.2) is 33.0 Å². The van der Waals surface area contributed by atoms with Crippen LogP contribution in [0.25, 0.3) is 0 Å². The highest BCUT2D eigenvalue weighted by Crippen LogP contribution is 2.27. The van der Waals surface area contributed by atoms with Gasteiger partial charge in [-0.1, -0.05) is 0 Å². The van der Waals surface area contributed by atoms with Gasteiger partial charge in [-0.3, -0.25) is 14.2 Å². The second kappa shape index (κ2) is 5.56. The van der Waals surface area contributed by atoms with Crippen LogP contribution in [0.4, 0.5) is 8.78 Å². The average Bonchev–Trinajstić information content (AvgIpc) is 2.41. The maximum Gasteiger partial charge on any atom is 0.356 e. The highest BCUT2D eigenvalue weighted by atomic mass is 19.3. The van der Waals surface area contributed by atoms with Gasteiger partial charge in [-0.05, 0) is 13.8 Å². The molecule has 8 heteroatoms. The van der Waals surface area contributed by atoms with Gasteiger partial charge < -0.3 is 9.47 Å². The molecule has 20 heavy (non-hydrogen) atoms. The number of rotatable bonds is 4. The van der Waals surface area contributed by atoms with E-state index in [0.29, 0.717) is 10.8 Å². The standard InChI is InChI=1S/C12H17F2N3O3/c1-5-17(6-2)10(19)12(13,14)8-7-15(3)11(20)16(4)9(8)18/h7H,5-6H2,1-4H3. The van der Waals surface area contributed by atoms with E-state index < -0.39 is 28.6 Å². The van der Waals surface area contributed by atoms with Gasteiger partial charge in [0, 0.05) is 33.4 Å². The van der Waals surface area contributed by atoms with E-state index in [4.69, 9.17) is 0 Å². The van der Waals surface area contributed by atoms with E-state index in [1.54, 1.807) is 13.8 Å². The number of halogens is 2. The van der Waals surface area contributed by atoms with Crippen LogP contribution >= 0.6 is 0 Å². The zero-order chi connectivity index (χ0) is 15.7. The van der Waals surface area contributed by atoms with E-state index in [9.17, 15) is 23.2 Å². The number of nitrogens with zero attached hydrogens (tertiary/aromatic N) is 3. The molecule has 0 aliphatic rings. The van der Waals surface area contributed by atoms with Crippen molar-refractivity contribution in [1.29, 1.82) is 0 Å². The third kappa shape index (κ3) is 2.50. The largest absolute Gasteiger partial charge is 0.356 e. The Labute approximate surface area is 114 Å². The van der Waals surface area contributed by atoms with Crippen molar-refractivity contribution in [2.75, 3.05) is 13.1 Å². The van der Waals surface area contributed by atoms with Crippen molar-refractivity contribution in [1.82, 2.24) is 14.0 Å². The van der Waals surface area contributed by atoms with Crippen molar-refractivity contribution < 1.29 is 13.6 Å². The molecule has 0 aliphatic carbocycles. The highest BCUT2D eigenvalue weighted by Gasteiger charge is 2.46. The molecule has 1 heterocycles. The normalized spacial score (nSPS) is 11.5. The molecule has 1 aromatic heterocycles. The zero-order valence-electron chi connectivity index (χ0n) is 11.8. The van der Waals surface area contributed by atoms with Crippen molar-refractivity contribution in [2.24, 2.45) is 14.1 Å². The smallest absolute Gasteiger partial charge is 0.338 e. The maximum atomic E-state index is 14.2. The predicted molar refractivity (Wildman–Crippen MR) is 68.7 cm³/mol. The minimum Gasteiger partial charge on any atom is -0.338 e. The first-order chi connectivity index (χ1) is 9.18. The molecule has 1 amide bonds. The lowest BCUT2D eigenvalue weighted by Gasteiger charge is -2.24. The summed E-state index contributed by atoms with van der Waals surface area (Å²) in [5.41, 5.74) is -2.90. The minimum atomic E-state index is -3.97. The summed E-state index contributed by atoms with van der Waals surface area (Å²) in [5, 5.41) is 0. The molecule has 0 aliphatic heterocycles. The summed E-state index contributed by atoms with van der Waals surface area (Å²) in [4.78, 5) is 36.0. The Morgan fingerprint density at radius 3 is 2.20 bits per heavy atom. The molecule has 1 rings (SSSR count). The van der Waals surface area contributed by atoms with Gasteiger partial charge in [0.25, 0.3) is 11.5 Å². The average molecular weight is 289 g/mol. The molecule has 0 spiro atoms. The number of amides is 1. The number of likely N-dealkylation sites (N-methyl/N-ethyl adjacent to an activating group) is 1. The van der Waals surface area contributed by atoms with Crippen molar-refractivity contribution in [3.05, 3.63) is 32.6 Å². The van der Waals surface area contributed by atoms with Crippen LogP contribution < -0.4 is 11.2 Å².